The Kier molecular flexibility index (Phi) is 5.64. The molecule has 32 heavy (non-hydrogen) atoms. The van der Waals surface area contributed by atoms with Crippen LogP contribution in [0, 0.1) is 13.8 Å². The normalized spacial score (nSPS) is 20.6. The van der Waals surface area contributed by atoms with Crippen molar-refractivity contribution in [1.82, 2.24) is 14.9 Å². The van der Waals surface area contributed by atoms with Crippen LogP contribution in [-0.4, -0.2) is 34.7 Å². The van der Waals surface area contributed by atoms with Crippen LogP contribution in [0.1, 0.15) is 64.7 Å². The summed E-state index contributed by atoms with van der Waals surface area (Å²) in [5.74, 6) is 1.59. The summed E-state index contributed by atoms with van der Waals surface area (Å²) in [6.07, 6.45) is 4.94. The van der Waals surface area contributed by atoms with Crippen LogP contribution in [0.25, 0.3) is 11.0 Å². The van der Waals surface area contributed by atoms with E-state index in [1.807, 2.05) is 30.7 Å². The van der Waals surface area contributed by atoms with Crippen LogP contribution >= 0.6 is 0 Å². The number of ether oxygens (including phenoxy) is 2. The number of nitrogens with zero attached hydrogens (tertiary/aromatic N) is 2. The van der Waals surface area contributed by atoms with Crippen LogP contribution in [-0.2, 0) is 18.2 Å². The zero-order chi connectivity index (χ0) is 22.2. The van der Waals surface area contributed by atoms with Gasteiger partial charge in [0.25, 0.3) is 5.91 Å². The maximum absolute atomic E-state index is 13.3. The van der Waals surface area contributed by atoms with Crippen LogP contribution in [0.3, 0.4) is 0 Å². The van der Waals surface area contributed by atoms with Crippen LogP contribution in [0.2, 0.25) is 0 Å². The number of aryl methyl sites for hydroxylation is 3. The average molecular weight is 434 g/mol. The van der Waals surface area contributed by atoms with Crippen molar-refractivity contribution >= 4 is 16.9 Å². The van der Waals surface area contributed by atoms with E-state index < -0.39 is 0 Å². The zero-order valence-electron chi connectivity index (χ0n) is 19.1. The molecule has 0 aliphatic carbocycles. The molecule has 1 unspecified atom stereocenters. The number of fused-ring (bicyclic) bond motifs is 3. The van der Waals surface area contributed by atoms with Gasteiger partial charge in [0, 0.05) is 31.3 Å². The molecule has 1 saturated heterocycles. The van der Waals surface area contributed by atoms with E-state index in [0.29, 0.717) is 12.1 Å². The minimum Gasteiger partial charge on any atom is -0.483 e. The van der Waals surface area contributed by atoms with Gasteiger partial charge >= 0.3 is 0 Å². The molecular formula is C26H31N3O3. The summed E-state index contributed by atoms with van der Waals surface area (Å²) >= 11 is 0. The fourth-order valence-corrected chi connectivity index (χ4v) is 4.94. The first-order valence-corrected chi connectivity index (χ1v) is 11.6. The Bertz CT molecular complexity index is 1160. The lowest BCUT2D eigenvalue weighted by Gasteiger charge is -2.29. The molecule has 3 aromatic rings. The summed E-state index contributed by atoms with van der Waals surface area (Å²) < 4.78 is 14.4. The van der Waals surface area contributed by atoms with E-state index in [2.05, 4.69) is 30.4 Å². The van der Waals surface area contributed by atoms with Gasteiger partial charge in [-0.15, -0.1) is 0 Å². The van der Waals surface area contributed by atoms with Crippen LogP contribution in [0.5, 0.6) is 5.75 Å². The summed E-state index contributed by atoms with van der Waals surface area (Å²) in [5.41, 5.74) is 5.83. The molecule has 0 radical (unpaired) electrons. The molecule has 0 bridgehead atoms. The van der Waals surface area contributed by atoms with Gasteiger partial charge < -0.3 is 19.4 Å². The zero-order valence-corrected chi connectivity index (χ0v) is 19.1. The van der Waals surface area contributed by atoms with E-state index in [9.17, 15) is 4.79 Å². The molecular weight excluding hydrogens is 402 g/mol. The maximum Gasteiger partial charge on any atom is 0.251 e. The van der Waals surface area contributed by atoms with E-state index in [1.165, 1.54) is 11.1 Å². The number of imidazole rings is 1. The fourth-order valence-electron chi connectivity index (χ4n) is 4.94. The lowest BCUT2D eigenvalue weighted by atomic mass is 9.91. The van der Waals surface area contributed by atoms with Crippen molar-refractivity contribution < 1.29 is 14.3 Å². The summed E-state index contributed by atoms with van der Waals surface area (Å²) in [6.45, 7) is 5.42. The second-order valence-corrected chi connectivity index (χ2v) is 9.02. The Morgan fingerprint density at radius 3 is 2.84 bits per heavy atom. The summed E-state index contributed by atoms with van der Waals surface area (Å²) in [6, 6.07) is 10.3. The van der Waals surface area contributed by atoms with Crippen molar-refractivity contribution in [3.05, 3.63) is 58.4 Å². The number of hydrogen-bond acceptors (Lipinski definition) is 4. The first-order chi connectivity index (χ1) is 15.5. The van der Waals surface area contributed by atoms with Gasteiger partial charge in [0.1, 0.15) is 17.4 Å². The van der Waals surface area contributed by atoms with Crippen LogP contribution in [0.15, 0.2) is 30.3 Å². The molecule has 1 N–H and O–H groups in total. The SMILES string of the molecule is Cc1ccccc1[C@@H]1CCc2c(C(=O)NCC3CCCCO3)cc3c(nc(C)n3C)c2O1. The van der Waals surface area contributed by atoms with Crippen molar-refractivity contribution in [1.29, 1.82) is 0 Å². The van der Waals surface area contributed by atoms with E-state index in [-0.39, 0.29) is 18.1 Å². The molecule has 2 aromatic carbocycles. The maximum atomic E-state index is 13.3. The quantitative estimate of drug-likeness (QED) is 0.655. The molecule has 1 amide bonds. The minimum atomic E-state index is -0.0610. The van der Waals surface area contributed by atoms with Gasteiger partial charge in [0.15, 0.2) is 5.75 Å². The number of rotatable bonds is 4. The Morgan fingerprint density at radius 2 is 2.06 bits per heavy atom. The summed E-state index contributed by atoms with van der Waals surface area (Å²) in [7, 11) is 1.98. The first kappa shape index (κ1) is 21.0. The molecule has 2 aliphatic rings. The molecule has 6 heteroatoms. The Morgan fingerprint density at radius 1 is 1.22 bits per heavy atom. The number of aromatic nitrogens is 2. The van der Waals surface area contributed by atoms with Gasteiger partial charge in [0.2, 0.25) is 0 Å². The molecule has 3 heterocycles. The van der Waals surface area contributed by atoms with Gasteiger partial charge in [-0.3, -0.25) is 4.79 Å². The minimum absolute atomic E-state index is 0.0387. The third kappa shape index (κ3) is 3.77. The highest BCUT2D eigenvalue weighted by molar-refractivity contribution is 6.01. The predicted molar refractivity (Wildman–Crippen MR) is 124 cm³/mol. The molecule has 6 nitrogen and oxygen atoms in total. The second kappa shape index (κ2) is 8.58. The molecule has 1 fully saturated rings. The number of nitrogens with one attached hydrogen (secondary N) is 1. The van der Waals surface area contributed by atoms with Crippen molar-refractivity contribution in [3.8, 4) is 5.75 Å². The third-order valence-corrected chi connectivity index (χ3v) is 6.92. The molecule has 2 aliphatic heterocycles. The molecule has 168 valence electrons. The van der Waals surface area contributed by atoms with Gasteiger partial charge in [-0.2, -0.15) is 0 Å². The number of carbonyl (C=O) groups is 1. The van der Waals surface area contributed by atoms with Gasteiger partial charge in [-0.1, -0.05) is 24.3 Å². The molecule has 0 spiro atoms. The first-order valence-electron chi connectivity index (χ1n) is 11.6. The Labute approximate surface area is 188 Å². The van der Waals surface area contributed by atoms with Crippen LogP contribution < -0.4 is 10.1 Å². The standard InChI is InChI=1S/C26H31N3O3/c1-16-8-4-5-10-19(16)23-12-11-20-21(26(30)27-15-18-9-6-7-13-31-18)14-22-24(25(20)32-23)28-17(2)29(22)3/h4-5,8,10,14,18,23H,6-7,9,11-13,15H2,1-3H3,(H,27,30)/t18?,23-/m0/s1. The van der Waals surface area contributed by atoms with Crippen LogP contribution in [0.4, 0.5) is 0 Å². The average Bonchev–Trinajstić information content (AvgIpc) is 3.11. The summed E-state index contributed by atoms with van der Waals surface area (Å²) in [5, 5.41) is 3.11. The number of benzene rings is 2. The van der Waals surface area contributed by atoms with Crippen molar-refractivity contribution in [3.63, 3.8) is 0 Å². The number of hydrogen-bond donors (Lipinski definition) is 1. The van der Waals surface area contributed by atoms with Gasteiger partial charge in [-0.05, 0) is 63.1 Å². The monoisotopic (exact) mass is 433 g/mol. The van der Waals surface area contributed by atoms with Crippen molar-refractivity contribution in [2.75, 3.05) is 13.2 Å². The lowest BCUT2D eigenvalue weighted by molar-refractivity contribution is 0.0169. The molecule has 0 saturated carbocycles. The van der Waals surface area contributed by atoms with E-state index in [1.54, 1.807) is 0 Å². The van der Waals surface area contributed by atoms with E-state index in [0.717, 1.165) is 66.9 Å². The number of carbonyl (C=O) groups excluding carboxylic acids is 1. The topological polar surface area (TPSA) is 65.4 Å². The fraction of sp³-hybridized carbons (Fsp3) is 0.462. The second-order valence-electron chi connectivity index (χ2n) is 9.02. The van der Waals surface area contributed by atoms with E-state index >= 15 is 0 Å². The smallest absolute Gasteiger partial charge is 0.251 e. The largest absolute Gasteiger partial charge is 0.483 e. The summed E-state index contributed by atoms with van der Waals surface area (Å²) in [4.78, 5) is 18.1. The van der Waals surface area contributed by atoms with Gasteiger partial charge in [0.05, 0.1) is 11.6 Å². The number of amides is 1. The highest BCUT2D eigenvalue weighted by Crippen LogP contribution is 2.42. The molecule has 1 aromatic heterocycles. The van der Waals surface area contributed by atoms with E-state index in [4.69, 9.17) is 14.5 Å². The Balaban J connectivity index is 1.50. The highest BCUT2D eigenvalue weighted by Gasteiger charge is 2.30. The third-order valence-electron chi connectivity index (χ3n) is 6.92. The van der Waals surface area contributed by atoms with Crippen molar-refractivity contribution in [2.45, 2.75) is 58.2 Å². The molecule has 2 atom stereocenters. The van der Waals surface area contributed by atoms with Gasteiger partial charge in [-0.25, -0.2) is 4.98 Å². The lowest BCUT2D eigenvalue weighted by Crippen LogP contribution is -2.36. The highest BCUT2D eigenvalue weighted by atomic mass is 16.5. The van der Waals surface area contributed by atoms with Crippen molar-refractivity contribution in [2.24, 2.45) is 7.05 Å². The Hall–Kier alpha value is -2.86. The predicted octanol–water partition coefficient (Wildman–Crippen LogP) is 4.56. The molecule has 5 rings (SSSR count).